The summed E-state index contributed by atoms with van der Waals surface area (Å²) in [6.07, 6.45) is 1.87. The van der Waals surface area contributed by atoms with Gasteiger partial charge in [-0.15, -0.1) is 0 Å². The zero-order valence-electron chi connectivity index (χ0n) is 8.53. The second-order valence-corrected chi connectivity index (χ2v) is 3.85. The molecule has 0 aliphatic carbocycles. The third kappa shape index (κ3) is 1.81. The minimum Gasteiger partial charge on any atom is -0.396 e. The molecule has 1 aromatic rings. The van der Waals surface area contributed by atoms with Crippen molar-refractivity contribution in [2.45, 2.75) is 18.8 Å². The van der Waals surface area contributed by atoms with Crippen molar-refractivity contribution in [1.29, 1.82) is 0 Å². The van der Waals surface area contributed by atoms with Crippen LogP contribution in [-0.4, -0.2) is 34.6 Å². The number of aliphatic hydroxyl groups is 1. The number of aliphatic hydroxyl groups excluding tert-OH is 1. The molecular formula is C10H17N3O. The normalized spacial score (nSPS) is 21.7. The molecule has 78 valence electrons. The molecule has 0 saturated carbocycles. The van der Waals surface area contributed by atoms with Gasteiger partial charge >= 0.3 is 0 Å². The van der Waals surface area contributed by atoms with Crippen molar-refractivity contribution in [3.05, 3.63) is 17.5 Å². The molecule has 0 amide bonds. The predicted molar refractivity (Wildman–Crippen MR) is 54.2 cm³/mol. The molecule has 0 unspecified atom stereocenters. The van der Waals surface area contributed by atoms with Crippen molar-refractivity contribution in [3.8, 4) is 0 Å². The van der Waals surface area contributed by atoms with Crippen LogP contribution < -0.4 is 5.32 Å². The topological polar surface area (TPSA) is 50.1 Å². The van der Waals surface area contributed by atoms with Gasteiger partial charge in [-0.3, -0.25) is 4.68 Å². The smallest absolute Gasteiger partial charge is 0.0671 e. The number of nitrogens with zero attached hydrogens (tertiary/aromatic N) is 2. The molecule has 14 heavy (non-hydrogen) atoms. The number of hydrogen-bond donors (Lipinski definition) is 2. The molecule has 0 radical (unpaired) electrons. The van der Waals surface area contributed by atoms with Gasteiger partial charge in [0.15, 0.2) is 0 Å². The summed E-state index contributed by atoms with van der Waals surface area (Å²) < 4.78 is 1.88. The number of hydrogen-bond acceptors (Lipinski definition) is 3. The molecule has 4 nitrogen and oxygen atoms in total. The summed E-state index contributed by atoms with van der Waals surface area (Å²) in [6, 6.07) is 2.12. The van der Waals surface area contributed by atoms with E-state index in [9.17, 15) is 0 Å². The van der Waals surface area contributed by atoms with Crippen molar-refractivity contribution in [3.63, 3.8) is 0 Å². The Kier molecular flexibility index (Phi) is 2.84. The quantitative estimate of drug-likeness (QED) is 0.715. The van der Waals surface area contributed by atoms with E-state index in [0.29, 0.717) is 12.3 Å². The fourth-order valence-corrected chi connectivity index (χ4v) is 1.99. The zero-order chi connectivity index (χ0) is 9.97. The minimum atomic E-state index is 0.196. The van der Waals surface area contributed by atoms with Gasteiger partial charge in [-0.1, -0.05) is 0 Å². The average Bonchev–Trinajstić information content (AvgIpc) is 2.76. The van der Waals surface area contributed by atoms with Crippen molar-refractivity contribution in [1.82, 2.24) is 15.1 Å². The molecule has 0 spiro atoms. The standard InChI is InChI=1S/C10H17N3O/c1-13-9(3-5-14)6-10(12-13)8-2-4-11-7-8/h6,8,11,14H,2-5,7H2,1H3/t8-/m1/s1. The van der Waals surface area contributed by atoms with Gasteiger partial charge in [0.25, 0.3) is 0 Å². The van der Waals surface area contributed by atoms with Gasteiger partial charge in [0.1, 0.15) is 0 Å². The van der Waals surface area contributed by atoms with E-state index in [0.717, 1.165) is 18.8 Å². The Hall–Kier alpha value is -0.870. The maximum absolute atomic E-state index is 8.87. The van der Waals surface area contributed by atoms with Crippen molar-refractivity contribution >= 4 is 0 Å². The molecule has 1 atom stereocenters. The van der Waals surface area contributed by atoms with Crippen LogP contribution in [0.15, 0.2) is 6.07 Å². The molecule has 1 aliphatic heterocycles. The first-order chi connectivity index (χ1) is 6.81. The van der Waals surface area contributed by atoms with Crippen LogP contribution in [0.4, 0.5) is 0 Å². The molecule has 1 saturated heterocycles. The number of rotatable bonds is 3. The number of aromatic nitrogens is 2. The summed E-state index contributed by atoms with van der Waals surface area (Å²) >= 11 is 0. The fourth-order valence-electron chi connectivity index (χ4n) is 1.99. The Labute approximate surface area is 83.9 Å². The molecule has 1 fully saturated rings. The lowest BCUT2D eigenvalue weighted by Gasteiger charge is -2.01. The minimum absolute atomic E-state index is 0.196. The van der Waals surface area contributed by atoms with Crippen molar-refractivity contribution in [2.24, 2.45) is 7.05 Å². The Morgan fingerprint density at radius 2 is 2.57 bits per heavy atom. The SMILES string of the molecule is Cn1nc([C@@H]2CCNC2)cc1CCO. The Morgan fingerprint density at radius 1 is 1.71 bits per heavy atom. The van der Waals surface area contributed by atoms with Crippen molar-refractivity contribution in [2.75, 3.05) is 19.7 Å². The van der Waals surface area contributed by atoms with E-state index < -0.39 is 0 Å². The maximum atomic E-state index is 8.87. The highest BCUT2D eigenvalue weighted by molar-refractivity contribution is 5.16. The summed E-state index contributed by atoms with van der Waals surface area (Å²) in [5, 5.41) is 16.7. The molecule has 0 aromatic carbocycles. The van der Waals surface area contributed by atoms with Crippen LogP contribution in [0.1, 0.15) is 23.7 Å². The molecule has 1 aromatic heterocycles. The maximum Gasteiger partial charge on any atom is 0.0671 e. The van der Waals surface area contributed by atoms with Gasteiger partial charge < -0.3 is 10.4 Å². The van der Waals surface area contributed by atoms with Crippen LogP contribution in [0.2, 0.25) is 0 Å². The second kappa shape index (κ2) is 4.11. The van der Waals surface area contributed by atoms with Gasteiger partial charge in [0.05, 0.1) is 5.69 Å². The Bertz CT molecular complexity index is 302. The van der Waals surface area contributed by atoms with Crippen molar-refractivity contribution < 1.29 is 5.11 Å². The fraction of sp³-hybridized carbons (Fsp3) is 0.700. The molecule has 2 N–H and O–H groups in total. The first kappa shape index (κ1) is 9.68. The lowest BCUT2D eigenvalue weighted by Crippen LogP contribution is -2.08. The van der Waals surface area contributed by atoms with Gasteiger partial charge in [0.2, 0.25) is 0 Å². The van der Waals surface area contributed by atoms with Crippen LogP contribution in [0.25, 0.3) is 0 Å². The van der Waals surface area contributed by atoms with E-state index in [2.05, 4.69) is 16.5 Å². The first-order valence-corrected chi connectivity index (χ1v) is 5.15. The average molecular weight is 195 g/mol. The zero-order valence-corrected chi connectivity index (χ0v) is 8.53. The van der Waals surface area contributed by atoms with Gasteiger partial charge in [-0.25, -0.2) is 0 Å². The summed E-state index contributed by atoms with van der Waals surface area (Å²) in [6.45, 7) is 2.33. The summed E-state index contributed by atoms with van der Waals surface area (Å²) in [5.41, 5.74) is 2.29. The summed E-state index contributed by atoms with van der Waals surface area (Å²) in [5.74, 6) is 0.564. The van der Waals surface area contributed by atoms with E-state index in [1.807, 2.05) is 11.7 Å². The molecule has 0 bridgehead atoms. The van der Waals surface area contributed by atoms with Crippen LogP contribution in [0.3, 0.4) is 0 Å². The van der Waals surface area contributed by atoms with E-state index in [1.54, 1.807) is 0 Å². The summed E-state index contributed by atoms with van der Waals surface area (Å²) in [4.78, 5) is 0. The van der Waals surface area contributed by atoms with Gasteiger partial charge in [0, 0.05) is 38.2 Å². The van der Waals surface area contributed by atoms with E-state index >= 15 is 0 Å². The highest BCUT2D eigenvalue weighted by Crippen LogP contribution is 2.21. The summed E-state index contributed by atoms with van der Waals surface area (Å²) in [7, 11) is 1.94. The van der Waals surface area contributed by atoms with E-state index in [4.69, 9.17) is 5.11 Å². The van der Waals surface area contributed by atoms with Crippen LogP contribution in [0.5, 0.6) is 0 Å². The number of aryl methyl sites for hydroxylation is 1. The Balaban J connectivity index is 2.14. The van der Waals surface area contributed by atoms with Gasteiger partial charge in [-0.2, -0.15) is 5.10 Å². The monoisotopic (exact) mass is 195 g/mol. The highest BCUT2D eigenvalue weighted by atomic mass is 16.3. The highest BCUT2D eigenvalue weighted by Gasteiger charge is 2.19. The molecular weight excluding hydrogens is 178 g/mol. The molecule has 2 heterocycles. The first-order valence-electron chi connectivity index (χ1n) is 5.15. The van der Waals surface area contributed by atoms with Crippen LogP contribution in [0, 0.1) is 0 Å². The van der Waals surface area contributed by atoms with Gasteiger partial charge in [-0.05, 0) is 19.0 Å². The molecule has 1 aliphatic rings. The van der Waals surface area contributed by atoms with Crippen LogP contribution >= 0.6 is 0 Å². The van der Waals surface area contributed by atoms with E-state index in [1.165, 1.54) is 12.1 Å². The molecule has 2 rings (SSSR count). The third-order valence-electron chi connectivity index (χ3n) is 2.84. The lowest BCUT2D eigenvalue weighted by atomic mass is 10.0. The lowest BCUT2D eigenvalue weighted by molar-refractivity contribution is 0.296. The largest absolute Gasteiger partial charge is 0.396 e. The Morgan fingerprint density at radius 3 is 3.21 bits per heavy atom. The number of nitrogens with one attached hydrogen (secondary N) is 1. The second-order valence-electron chi connectivity index (χ2n) is 3.85. The molecule has 4 heteroatoms. The van der Waals surface area contributed by atoms with Crippen LogP contribution in [-0.2, 0) is 13.5 Å². The predicted octanol–water partition coefficient (Wildman–Crippen LogP) is 0.0318. The van der Waals surface area contributed by atoms with E-state index in [-0.39, 0.29) is 6.61 Å². The third-order valence-corrected chi connectivity index (χ3v) is 2.84.